The first-order valence-corrected chi connectivity index (χ1v) is 10.4. The lowest BCUT2D eigenvalue weighted by Gasteiger charge is -2.18. The van der Waals surface area contributed by atoms with E-state index in [-0.39, 0.29) is 19.4 Å². The fraction of sp³-hybridized carbons (Fsp3) is 0.636. The molecule has 0 aliphatic rings. The van der Waals surface area contributed by atoms with E-state index in [1.54, 1.807) is 13.1 Å². The first kappa shape index (κ1) is 16.8. The molecular weight excluding hydrogens is 258 g/mol. The maximum Gasteiger partial charge on any atom is 0.331 e. The van der Waals surface area contributed by atoms with Gasteiger partial charge >= 0.3 is 7.60 Å². The summed E-state index contributed by atoms with van der Waals surface area (Å²) >= 11 is 0. The van der Waals surface area contributed by atoms with E-state index in [2.05, 4.69) is 13.2 Å². The average Bonchev–Trinajstić information content (AvgIpc) is 2.22. The molecule has 0 radical (unpaired) electrons. The van der Waals surface area contributed by atoms with Gasteiger partial charge in [-0.15, -0.1) is 13.2 Å². The second kappa shape index (κ2) is 7.98. The van der Waals surface area contributed by atoms with Crippen LogP contribution in [0.1, 0.15) is 6.42 Å². The summed E-state index contributed by atoms with van der Waals surface area (Å²) in [4.78, 5) is 0. The minimum absolute atomic E-state index is 0.171. The van der Waals surface area contributed by atoms with Crippen LogP contribution in [-0.4, -0.2) is 27.8 Å². The third-order valence-corrected chi connectivity index (χ3v) is 5.47. The lowest BCUT2D eigenvalue weighted by Crippen LogP contribution is -2.18. The van der Waals surface area contributed by atoms with E-state index >= 15 is 0 Å². The van der Waals surface area contributed by atoms with Crippen LogP contribution in [0.3, 0.4) is 0 Å². The van der Waals surface area contributed by atoms with Crippen molar-refractivity contribution in [3.8, 4) is 0 Å². The SMILES string of the molecule is C=CCOP(=O)(CCC[Si](C)(C)F)OCC=C. The molecule has 0 N–H and O–H groups in total. The summed E-state index contributed by atoms with van der Waals surface area (Å²) < 4.78 is 35.9. The molecule has 0 aliphatic heterocycles. The molecule has 0 amide bonds. The van der Waals surface area contributed by atoms with E-state index in [1.165, 1.54) is 12.2 Å². The molecule has 0 saturated heterocycles. The average molecular weight is 280 g/mol. The maximum absolute atomic E-state index is 13.4. The van der Waals surface area contributed by atoms with Crippen molar-refractivity contribution in [1.29, 1.82) is 0 Å². The molecule has 0 fully saturated rings. The van der Waals surface area contributed by atoms with Crippen molar-refractivity contribution in [2.24, 2.45) is 0 Å². The van der Waals surface area contributed by atoms with Gasteiger partial charge in [-0.25, -0.2) is 0 Å². The van der Waals surface area contributed by atoms with Crippen LogP contribution in [0.15, 0.2) is 25.3 Å². The third-order valence-electron chi connectivity index (χ3n) is 1.98. The van der Waals surface area contributed by atoms with Crippen LogP contribution in [0.25, 0.3) is 0 Å². The molecule has 0 spiro atoms. The Balaban J connectivity index is 4.22. The zero-order chi connectivity index (χ0) is 13.4. The zero-order valence-electron chi connectivity index (χ0n) is 10.7. The van der Waals surface area contributed by atoms with Gasteiger partial charge in [-0.3, -0.25) is 4.57 Å². The molecule has 0 atom stereocenters. The van der Waals surface area contributed by atoms with Gasteiger partial charge < -0.3 is 13.2 Å². The highest BCUT2D eigenvalue weighted by atomic mass is 31.2. The number of hydrogen-bond acceptors (Lipinski definition) is 3. The van der Waals surface area contributed by atoms with Crippen molar-refractivity contribution in [3.63, 3.8) is 0 Å². The van der Waals surface area contributed by atoms with Crippen LogP contribution in [0.2, 0.25) is 19.1 Å². The van der Waals surface area contributed by atoms with Crippen LogP contribution >= 0.6 is 7.60 Å². The van der Waals surface area contributed by atoms with Gasteiger partial charge in [0, 0.05) is 0 Å². The van der Waals surface area contributed by atoms with Gasteiger partial charge in [0.2, 0.25) is 8.41 Å². The second-order valence-corrected chi connectivity index (χ2v) is 10.4. The number of rotatable bonds is 10. The Morgan fingerprint density at radius 3 is 2.06 bits per heavy atom. The Kier molecular flexibility index (Phi) is 7.88. The Hall–Kier alpha value is -0.223. The normalized spacial score (nSPS) is 12.4. The molecular formula is C11H22FO3PSi. The minimum atomic E-state index is -3.13. The van der Waals surface area contributed by atoms with E-state index in [0.29, 0.717) is 12.5 Å². The molecule has 17 heavy (non-hydrogen) atoms. The van der Waals surface area contributed by atoms with Gasteiger partial charge in [0.15, 0.2) is 0 Å². The van der Waals surface area contributed by atoms with Crippen molar-refractivity contribution in [2.75, 3.05) is 19.4 Å². The molecule has 0 aromatic rings. The molecule has 100 valence electrons. The highest BCUT2D eigenvalue weighted by Crippen LogP contribution is 2.49. The third kappa shape index (κ3) is 9.48. The van der Waals surface area contributed by atoms with Gasteiger partial charge in [0.05, 0.1) is 19.4 Å². The van der Waals surface area contributed by atoms with Crippen LogP contribution < -0.4 is 0 Å². The topological polar surface area (TPSA) is 35.5 Å². The van der Waals surface area contributed by atoms with Gasteiger partial charge in [0.25, 0.3) is 0 Å². The molecule has 0 aliphatic carbocycles. The van der Waals surface area contributed by atoms with E-state index < -0.39 is 16.0 Å². The summed E-state index contributed by atoms with van der Waals surface area (Å²) in [6, 6.07) is 0.464. The summed E-state index contributed by atoms with van der Waals surface area (Å²) in [5.41, 5.74) is 0. The molecule has 6 heteroatoms. The van der Waals surface area contributed by atoms with E-state index in [1.807, 2.05) is 0 Å². The fourth-order valence-corrected chi connectivity index (χ4v) is 4.05. The summed E-state index contributed by atoms with van der Waals surface area (Å²) in [7, 11) is -5.72. The monoisotopic (exact) mass is 280 g/mol. The molecule has 0 unspecified atom stereocenters. The minimum Gasteiger partial charge on any atom is -0.314 e. The van der Waals surface area contributed by atoms with Crippen molar-refractivity contribution in [2.45, 2.75) is 25.6 Å². The molecule has 0 aromatic carbocycles. The van der Waals surface area contributed by atoms with Crippen LogP contribution in [-0.2, 0) is 13.6 Å². The standard InChI is InChI=1S/C11H22FO3PSi/c1-5-8-14-16(13,15-9-6-2)10-7-11-17(3,4)12/h5-6H,1-2,7-11H2,3-4H3. The van der Waals surface area contributed by atoms with Gasteiger partial charge in [-0.2, -0.15) is 0 Å². The molecule has 0 saturated carbocycles. The van der Waals surface area contributed by atoms with Gasteiger partial charge in [-0.05, 0) is 25.6 Å². The highest BCUT2D eigenvalue weighted by Gasteiger charge is 2.26. The molecule has 0 heterocycles. The van der Waals surface area contributed by atoms with Crippen LogP contribution in [0, 0.1) is 0 Å². The zero-order valence-corrected chi connectivity index (χ0v) is 12.5. The Labute approximate surface area is 104 Å². The highest BCUT2D eigenvalue weighted by molar-refractivity contribution is 7.53. The quantitative estimate of drug-likeness (QED) is 0.261. The summed E-state index contributed by atoms with van der Waals surface area (Å²) in [6.07, 6.45) is 3.78. The predicted molar refractivity (Wildman–Crippen MR) is 72.8 cm³/mol. The first-order valence-electron chi connectivity index (χ1n) is 5.62. The van der Waals surface area contributed by atoms with Crippen LogP contribution in [0.5, 0.6) is 0 Å². The second-order valence-electron chi connectivity index (χ2n) is 4.33. The molecule has 0 rings (SSSR count). The van der Waals surface area contributed by atoms with Gasteiger partial charge in [-0.1, -0.05) is 12.2 Å². The van der Waals surface area contributed by atoms with Crippen molar-refractivity contribution in [3.05, 3.63) is 25.3 Å². The van der Waals surface area contributed by atoms with E-state index in [4.69, 9.17) is 9.05 Å². The predicted octanol–water partition coefficient (Wildman–Crippen LogP) is 4.15. The Morgan fingerprint density at radius 2 is 1.71 bits per heavy atom. The Morgan fingerprint density at radius 1 is 1.24 bits per heavy atom. The van der Waals surface area contributed by atoms with Crippen molar-refractivity contribution in [1.82, 2.24) is 0 Å². The number of hydrogen-bond donors (Lipinski definition) is 0. The summed E-state index contributed by atoms with van der Waals surface area (Å²) in [6.45, 7) is 10.6. The van der Waals surface area contributed by atoms with Gasteiger partial charge in [0.1, 0.15) is 0 Å². The number of halogens is 1. The summed E-state index contributed by atoms with van der Waals surface area (Å²) in [5, 5.41) is 0. The van der Waals surface area contributed by atoms with E-state index in [9.17, 15) is 8.67 Å². The smallest absolute Gasteiger partial charge is 0.314 e. The maximum atomic E-state index is 13.4. The molecule has 3 nitrogen and oxygen atoms in total. The molecule has 0 aromatic heterocycles. The van der Waals surface area contributed by atoms with Crippen molar-refractivity contribution < 1.29 is 17.7 Å². The largest absolute Gasteiger partial charge is 0.331 e. The molecule has 0 bridgehead atoms. The Bertz CT molecular complexity index is 273. The van der Waals surface area contributed by atoms with Crippen LogP contribution in [0.4, 0.5) is 4.11 Å². The van der Waals surface area contributed by atoms with Crippen molar-refractivity contribution >= 4 is 16.0 Å². The lowest BCUT2D eigenvalue weighted by atomic mass is 10.6. The summed E-state index contributed by atoms with van der Waals surface area (Å²) in [5.74, 6) is 0. The fourth-order valence-electron chi connectivity index (χ4n) is 1.19. The van der Waals surface area contributed by atoms with E-state index in [0.717, 1.165) is 0 Å². The first-order chi connectivity index (χ1) is 7.83. The lowest BCUT2D eigenvalue weighted by molar-refractivity contribution is 0.237.